The molecule has 172 valence electrons. The van der Waals surface area contributed by atoms with Crippen LogP contribution in [0, 0.1) is 6.92 Å². The summed E-state index contributed by atoms with van der Waals surface area (Å²) >= 11 is 0. The number of allylic oxidation sites excluding steroid dienone is 1. The van der Waals surface area contributed by atoms with Gasteiger partial charge in [-0.05, 0) is 36.2 Å². The lowest BCUT2D eigenvalue weighted by molar-refractivity contribution is -0.124. The van der Waals surface area contributed by atoms with Crippen molar-refractivity contribution < 1.29 is 22.7 Å². The molecule has 0 aliphatic rings. The minimum Gasteiger partial charge on any atom is -0.367 e. The number of benzene rings is 2. The number of nitrogens with one attached hydrogen (secondary N) is 1. The number of rotatable bonds is 10. The van der Waals surface area contributed by atoms with E-state index in [4.69, 9.17) is 4.74 Å². The number of hydrogen-bond donors (Lipinski definition) is 1. The Balaban J connectivity index is 1.57. The summed E-state index contributed by atoms with van der Waals surface area (Å²) in [5.41, 5.74) is 4.17. The van der Waals surface area contributed by atoms with Gasteiger partial charge in [0.1, 0.15) is 6.61 Å². The highest BCUT2D eigenvalue weighted by molar-refractivity contribution is 7.89. The highest BCUT2D eigenvalue weighted by Gasteiger charge is 2.12. The van der Waals surface area contributed by atoms with E-state index in [1.165, 1.54) is 0 Å². The van der Waals surface area contributed by atoms with Gasteiger partial charge in [-0.1, -0.05) is 60.2 Å². The molecule has 1 aromatic heterocycles. The van der Waals surface area contributed by atoms with Crippen LogP contribution < -0.4 is 4.72 Å². The van der Waals surface area contributed by atoms with Crippen LogP contribution in [0.1, 0.15) is 32.7 Å². The van der Waals surface area contributed by atoms with Gasteiger partial charge in [-0.3, -0.25) is 14.3 Å². The number of hydrogen-bond acceptors (Lipinski definition) is 5. The van der Waals surface area contributed by atoms with E-state index in [0.29, 0.717) is 17.8 Å². The number of amides is 1. The third-order valence-corrected chi connectivity index (χ3v) is 5.34. The zero-order chi connectivity index (χ0) is 23.8. The number of sulfonamides is 1. The third-order valence-electron chi connectivity index (χ3n) is 4.74. The summed E-state index contributed by atoms with van der Waals surface area (Å²) in [6.45, 7) is 2.34. The summed E-state index contributed by atoms with van der Waals surface area (Å²) in [5.74, 6) is -0.733. The summed E-state index contributed by atoms with van der Waals surface area (Å²) in [7, 11) is -3.59. The van der Waals surface area contributed by atoms with E-state index in [2.05, 4.69) is 0 Å². The van der Waals surface area contributed by atoms with Gasteiger partial charge < -0.3 is 9.30 Å². The first kappa shape index (κ1) is 24.2. The molecule has 0 radical (unpaired) electrons. The highest BCUT2D eigenvalue weighted by Crippen LogP contribution is 2.13. The van der Waals surface area contributed by atoms with Crippen LogP contribution >= 0.6 is 0 Å². The minimum atomic E-state index is -3.59. The molecule has 8 heteroatoms. The lowest BCUT2D eigenvalue weighted by atomic mass is 10.1. The number of ether oxygens (including phenoxy) is 1. The molecule has 1 heterocycles. The van der Waals surface area contributed by atoms with E-state index < -0.39 is 15.9 Å². The van der Waals surface area contributed by atoms with Crippen molar-refractivity contribution in [3.05, 3.63) is 101 Å². The lowest BCUT2D eigenvalue weighted by Crippen LogP contribution is -2.32. The quantitative estimate of drug-likeness (QED) is 0.463. The Morgan fingerprint density at radius 3 is 2.55 bits per heavy atom. The van der Waals surface area contributed by atoms with Crippen LogP contribution in [-0.2, 0) is 32.7 Å². The average molecular weight is 467 g/mol. The smallest absolute Gasteiger partial charge is 0.259 e. The van der Waals surface area contributed by atoms with E-state index in [1.807, 2.05) is 95.2 Å². The Hall–Kier alpha value is -3.49. The van der Waals surface area contributed by atoms with Gasteiger partial charge in [0, 0.05) is 18.3 Å². The van der Waals surface area contributed by atoms with Crippen LogP contribution in [0.5, 0.6) is 0 Å². The van der Waals surface area contributed by atoms with E-state index in [9.17, 15) is 18.0 Å². The number of carbonyl (C=O) groups excluding carboxylic acids is 2. The molecular weight excluding hydrogens is 440 g/mol. The number of aromatic nitrogens is 1. The van der Waals surface area contributed by atoms with E-state index >= 15 is 0 Å². The molecule has 0 fully saturated rings. The van der Waals surface area contributed by atoms with Gasteiger partial charge in [0.25, 0.3) is 5.91 Å². The van der Waals surface area contributed by atoms with Gasteiger partial charge in [-0.2, -0.15) is 0 Å². The van der Waals surface area contributed by atoms with Crippen molar-refractivity contribution in [3.63, 3.8) is 0 Å². The van der Waals surface area contributed by atoms with Crippen LogP contribution in [0.15, 0.2) is 72.9 Å². The SMILES string of the molecule is Cc1ccc(C(=O)c2cccn2CC=Cc2cccc(COCC(=O)NS(C)(=O)=O)c2)cc1. The molecule has 3 rings (SSSR count). The predicted octanol–water partition coefficient (Wildman–Crippen LogP) is 3.33. The number of nitrogens with zero attached hydrogens (tertiary/aromatic N) is 1. The predicted molar refractivity (Wildman–Crippen MR) is 127 cm³/mol. The second-order valence-electron chi connectivity index (χ2n) is 7.68. The molecule has 0 saturated heterocycles. The topological polar surface area (TPSA) is 94.5 Å². The normalized spacial score (nSPS) is 11.6. The zero-order valence-electron chi connectivity index (χ0n) is 18.5. The van der Waals surface area contributed by atoms with Crippen LogP contribution in [0.3, 0.4) is 0 Å². The van der Waals surface area contributed by atoms with Crippen molar-refractivity contribution in [1.29, 1.82) is 0 Å². The maximum atomic E-state index is 12.8. The summed E-state index contributed by atoms with van der Waals surface area (Å²) in [4.78, 5) is 24.3. The Morgan fingerprint density at radius 1 is 1.06 bits per heavy atom. The Kier molecular flexibility index (Phi) is 7.97. The summed E-state index contributed by atoms with van der Waals surface area (Å²) in [5, 5.41) is 0. The van der Waals surface area contributed by atoms with Gasteiger partial charge in [-0.25, -0.2) is 8.42 Å². The number of carbonyl (C=O) groups is 2. The van der Waals surface area contributed by atoms with E-state index in [1.54, 1.807) is 0 Å². The fourth-order valence-electron chi connectivity index (χ4n) is 3.22. The zero-order valence-corrected chi connectivity index (χ0v) is 19.3. The average Bonchev–Trinajstić information content (AvgIpc) is 3.21. The van der Waals surface area contributed by atoms with Gasteiger partial charge in [0.2, 0.25) is 15.8 Å². The molecule has 0 saturated carbocycles. The molecule has 0 aliphatic heterocycles. The molecular formula is C25H26N2O5S. The molecule has 7 nitrogen and oxygen atoms in total. The number of ketones is 1. The molecule has 0 bridgehead atoms. The third kappa shape index (κ3) is 7.55. The van der Waals surface area contributed by atoms with Gasteiger partial charge in [0.05, 0.1) is 18.6 Å². The van der Waals surface area contributed by atoms with Gasteiger partial charge in [-0.15, -0.1) is 0 Å². The molecule has 0 aliphatic carbocycles. The lowest BCUT2D eigenvalue weighted by Gasteiger charge is -2.07. The fraction of sp³-hybridized carbons (Fsp3) is 0.200. The Bertz CT molecular complexity index is 1260. The van der Waals surface area contributed by atoms with Crippen molar-refractivity contribution in [3.8, 4) is 0 Å². The van der Waals surface area contributed by atoms with Crippen LogP contribution in [0.25, 0.3) is 6.08 Å². The van der Waals surface area contributed by atoms with Crippen LogP contribution in [0.2, 0.25) is 0 Å². The summed E-state index contributed by atoms with van der Waals surface area (Å²) in [6.07, 6.45) is 6.69. The Labute approximate surface area is 193 Å². The second kappa shape index (κ2) is 10.9. The first-order chi connectivity index (χ1) is 15.7. The van der Waals surface area contributed by atoms with Crippen molar-refractivity contribution in [1.82, 2.24) is 9.29 Å². The standard InChI is InChI=1S/C25H26N2O5S/c1-19-10-12-22(13-11-19)25(29)23-9-5-15-27(23)14-4-8-20-6-3-7-21(16-20)17-32-18-24(28)26-33(2,30)31/h3-13,15-16H,14,17-18H2,1-2H3,(H,26,28). The monoisotopic (exact) mass is 466 g/mol. The van der Waals surface area contributed by atoms with Crippen LogP contribution in [-0.4, -0.2) is 37.5 Å². The van der Waals surface area contributed by atoms with Crippen molar-refractivity contribution in [2.45, 2.75) is 20.1 Å². The maximum absolute atomic E-state index is 12.8. The first-order valence-electron chi connectivity index (χ1n) is 10.3. The van der Waals surface area contributed by atoms with Crippen molar-refractivity contribution >= 4 is 27.8 Å². The van der Waals surface area contributed by atoms with Crippen molar-refractivity contribution in [2.75, 3.05) is 12.9 Å². The molecule has 0 unspecified atom stereocenters. The minimum absolute atomic E-state index is 0.0209. The Morgan fingerprint density at radius 2 is 1.82 bits per heavy atom. The first-order valence-corrected chi connectivity index (χ1v) is 12.2. The van der Waals surface area contributed by atoms with Crippen LogP contribution in [0.4, 0.5) is 0 Å². The number of aryl methyl sites for hydroxylation is 1. The van der Waals surface area contributed by atoms with Crippen molar-refractivity contribution in [2.24, 2.45) is 0 Å². The fourth-order valence-corrected chi connectivity index (χ4v) is 3.69. The molecule has 2 aromatic carbocycles. The maximum Gasteiger partial charge on any atom is 0.259 e. The van der Waals surface area contributed by atoms with Gasteiger partial charge >= 0.3 is 0 Å². The molecule has 1 amide bonds. The van der Waals surface area contributed by atoms with E-state index in [0.717, 1.165) is 22.9 Å². The molecule has 33 heavy (non-hydrogen) atoms. The second-order valence-corrected chi connectivity index (χ2v) is 9.43. The highest BCUT2D eigenvalue weighted by atomic mass is 32.2. The summed E-state index contributed by atoms with van der Waals surface area (Å²) in [6, 6.07) is 18.8. The molecule has 0 spiro atoms. The molecule has 3 aromatic rings. The molecule has 1 N–H and O–H groups in total. The van der Waals surface area contributed by atoms with Gasteiger partial charge in [0.15, 0.2) is 0 Å². The van der Waals surface area contributed by atoms with E-state index in [-0.39, 0.29) is 19.0 Å². The largest absolute Gasteiger partial charge is 0.367 e. The summed E-state index contributed by atoms with van der Waals surface area (Å²) < 4.78 is 31.1. The molecule has 0 atom stereocenters.